The average Bonchev–Trinajstić information content (AvgIpc) is 2.34. The fraction of sp³-hybridized carbons (Fsp3) is 0. The van der Waals surface area contributed by atoms with Gasteiger partial charge >= 0.3 is 0 Å². The number of nitrogens with two attached hydrogens (primary N) is 2. The molecule has 0 saturated heterocycles. The molecule has 0 aliphatic rings. The maximum absolute atomic E-state index is 13.0. The molecule has 2 aromatic carbocycles. The third kappa shape index (κ3) is 3.03. The first-order valence-corrected chi connectivity index (χ1v) is 6.09. The number of amides is 1. The topological polar surface area (TPSA) is 78.3 Å². The van der Waals surface area contributed by atoms with Crippen LogP contribution in [0.4, 0.5) is 10.1 Å². The number of carbonyl (C=O) groups excluding carboxylic acids is 1. The molecule has 0 spiro atoms. The number of hydrogen-bond acceptors (Lipinski definition) is 3. The number of primary amides is 1. The first-order valence-electron chi connectivity index (χ1n) is 5.29. The molecular formula is C13H10BrFN2O2. The van der Waals surface area contributed by atoms with Crippen LogP contribution in [0.2, 0.25) is 0 Å². The highest BCUT2D eigenvalue weighted by molar-refractivity contribution is 9.10. The highest BCUT2D eigenvalue weighted by Crippen LogP contribution is 2.33. The summed E-state index contributed by atoms with van der Waals surface area (Å²) in [4.78, 5) is 11.1. The lowest BCUT2D eigenvalue weighted by molar-refractivity contribution is 0.1000. The van der Waals surface area contributed by atoms with E-state index in [2.05, 4.69) is 15.9 Å². The molecule has 0 fully saturated rings. The molecule has 1 amide bonds. The number of halogens is 2. The van der Waals surface area contributed by atoms with Gasteiger partial charge in [-0.3, -0.25) is 4.79 Å². The summed E-state index contributed by atoms with van der Waals surface area (Å²) in [6.07, 6.45) is 0. The number of hydrogen-bond donors (Lipinski definition) is 2. The molecule has 0 saturated carbocycles. The van der Waals surface area contributed by atoms with Gasteiger partial charge in [0.2, 0.25) is 5.91 Å². The fourth-order valence-corrected chi connectivity index (χ4v) is 1.88. The van der Waals surface area contributed by atoms with Gasteiger partial charge in [0.1, 0.15) is 11.6 Å². The van der Waals surface area contributed by atoms with Crippen molar-refractivity contribution < 1.29 is 13.9 Å². The van der Waals surface area contributed by atoms with Gasteiger partial charge in [0.05, 0.1) is 10.2 Å². The summed E-state index contributed by atoms with van der Waals surface area (Å²) in [7, 11) is 0. The molecule has 2 aromatic rings. The van der Waals surface area contributed by atoms with Crippen LogP contribution in [-0.4, -0.2) is 5.91 Å². The average molecular weight is 325 g/mol. The first kappa shape index (κ1) is 13.4. The maximum atomic E-state index is 13.0. The van der Waals surface area contributed by atoms with Crippen LogP contribution in [0.3, 0.4) is 0 Å². The number of ether oxygens (including phenoxy) is 1. The van der Waals surface area contributed by atoms with E-state index in [0.29, 0.717) is 15.9 Å². The summed E-state index contributed by atoms with van der Waals surface area (Å²) in [6, 6.07) is 8.44. The van der Waals surface area contributed by atoms with Gasteiger partial charge in [-0.1, -0.05) is 0 Å². The predicted molar refractivity (Wildman–Crippen MR) is 73.5 cm³/mol. The van der Waals surface area contributed by atoms with E-state index in [1.54, 1.807) is 0 Å². The van der Waals surface area contributed by atoms with Crippen LogP contribution >= 0.6 is 15.9 Å². The Morgan fingerprint density at radius 2 is 1.89 bits per heavy atom. The van der Waals surface area contributed by atoms with Crippen molar-refractivity contribution in [2.24, 2.45) is 5.73 Å². The summed E-state index contributed by atoms with van der Waals surface area (Å²) in [5.74, 6) is -0.306. The molecule has 0 atom stereocenters. The third-order valence-electron chi connectivity index (χ3n) is 2.41. The standard InChI is InChI=1S/C13H10BrFN2O2/c14-9-6-8(15)2-4-11(9)19-12-5-7(13(17)18)1-3-10(12)16/h1-6H,16H2,(H2,17,18). The van der Waals surface area contributed by atoms with E-state index in [1.165, 1.54) is 36.4 Å². The summed E-state index contributed by atoms with van der Waals surface area (Å²) in [5, 5.41) is 0. The van der Waals surface area contributed by atoms with Crippen molar-refractivity contribution >= 4 is 27.5 Å². The highest BCUT2D eigenvalue weighted by Gasteiger charge is 2.09. The molecule has 2 rings (SSSR count). The van der Waals surface area contributed by atoms with Crippen molar-refractivity contribution in [2.45, 2.75) is 0 Å². The SMILES string of the molecule is NC(=O)c1ccc(N)c(Oc2ccc(F)cc2Br)c1. The van der Waals surface area contributed by atoms with Crippen molar-refractivity contribution in [1.29, 1.82) is 0 Å². The van der Waals surface area contributed by atoms with Gasteiger partial charge in [-0.25, -0.2) is 4.39 Å². The molecule has 6 heteroatoms. The lowest BCUT2D eigenvalue weighted by atomic mass is 10.2. The lowest BCUT2D eigenvalue weighted by Gasteiger charge is -2.11. The van der Waals surface area contributed by atoms with E-state index in [-0.39, 0.29) is 11.3 Å². The van der Waals surface area contributed by atoms with Crippen LogP contribution < -0.4 is 16.2 Å². The van der Waals surface area contributed by atoms with E-state index >= 15 is 0 Å². The number of rotatable bonds is 3. The predicted octanol–water partition coefficient (Wildman–Crippen LogP) is 3.06. The third-order valence-corrected chi connectivity index (χ3v) is 3.03. The first-order chi connectivity index (χ1) is 8.97. The second-order valence-electron chi connectivity index (χ2n) is 3.79. The number of anilines is 1. The number of benzene rings is 2. The molecule has 0 aromatic heterocycles. The normalized spacial score (nSPS) is 10.2. The van der Waals surface area contributed by atoms with Crippen LogP contribution in [-0.2, 0) is 0 Å². The van der Waals surface area contributed by atoms with Crippen LogP contribution in [0.1, 0.15) is 10.4 Å². The lowest BCUT2D eigenvalue weighted by Crippen LogP contribution is -2.11. The maximum Gasteiger partial charge on any atom is 0.248 e. The van der Waals surface area contributed by atoms with Gasteiger partial charge in [0.25, 0.3) is 0 Å². The zero-order chi connectivity index (χ0) is 14.0. The van der Waals surface area contributed by atoms with E-state index in [9.17, 15) is 9.18 Å². The Hall–Kier alpha value is -2.08. The largest absolute Gasteiger partial charge is 0.454 e. The van der Waals surface area contributed by atoms with Crippen molar-refractivity contribution in [2.75, 3.05) is 5.73 Å². The van der Waals surface area contributed by atoms with Gasteiger partial charge in [-0.15, -0.1) is 0 Å². The second-order valence-corrected chi connectivity index (χ2v) is 4.65. The summed E-state index contributed by atoms with van der Waals surface area (Å²) >= 11 is 3.18. The number of carbonyl (C=O) groups is 1. The molecule has 4 nitrogen and oxygen atoms in total. The Morgan fingerprint density at radius 3 is 2.53 bits per heavy atom. The van der Waals surface area contributed by atoms with Gasteiger partial charge in [-0.2, -0.15) is 0 Å². The summed E-state index contributed by atoms with van der Waals surface area (Å²) < 4.78 is 18.9. The molecule has 19 heavy (non-hydrogen) atoms. The van der Waals surface area contributed by atoms with Crippen molar-refractivity contribution in [1.82, 2.24) is 0 Å². The Balaban J connectivity index is 2.37. The quantitative estimate of drug-likeness (QED) is 0.851. The van der Waals surface area contributed by atoms with E-state index in [4.69, 9.17) is 16.2 Å². The minimum absolute atomic E-state index is 0.280. The zero-order valence-electron chi connectivity index (χ0n) is 9.69. The number of nitrogen functional groups attached to an aromatic ring is 1. The Kier molecular flexibility index (Phi) is 3.71. The molecular weight excluding hydrogens is 315 g/mol. The molecule has 0 unspecified atom stereocenters. The minimum Gasteiger partial charge on any atom is -0.454 e. The second kappa shape index (κ2) is 5.27. The molecule has 0 radical (unpaired) electrons. The zero-order valence-corrected chi connectivity index (χ0v) is 11.3. The van der Waals surface area contributed by atoms with Gasteiger partial charge in [-0.05, 0) is 52.3 Å². The molecule has 98 valence electrons. The fourth-order valence-electron chi connectivity index (χ4n) is 1.45. The minimum atomic E-state index is -0.581. The van der Waals surface area contributed by atoms with Gasteiger partial charge in [0.15, 0.2) is 5.75 Å². The Labute approximate surface area is 117 Å². The van der Waals surface area contributed by atoms with E-state index in [1.807, 2.05) is 0 Å². The monoisotopic (exact) mass is 324 g/mol. The van der Waals surface area contributed by atoms with Crippen LogP contribution in [0.15, 0.2) is 40.9 Å². The van der Waals surface area contributed by atoms with Crippen LogP contribution in [0.5, 0.6) is 11.5 Å². The van der Waals surface area contributed by atoms with Crippen LogP contribution in [0.25, 0.3) is 0 Å². The highest BCUT2D eigenvalue weighted by atomic mass is 79.9. The summed E-state index contributed by atoms with van der Waals surface area (Å²) in [5.41, 5.74) is 11.6. The molecule has 0 aliphatic carbocycles. The Morgan fingerprint density at radius 1 is 1.16 bits per heavy atom. The van der Waals surface area contributed by atoms with Crippen molar-refractivity contribution in [3.05, 3.63) is 52.3 Å². The molecule has 0 aliphatic heterocycles. The molecule has 4 N–H and O–H groups in total. The van der Waals surface area contributed by atoms with E-state index in [0.717, 1.165) is 0 Å². The molecule has 0 heterocycles. The smallest absolute Gasteiger partial charge is 0.248 e. The van der Waals surface area contributed by atoms with Crippen molar-refractivity contribution in [3.8, 4) is 11.5 Å². The van der Waals surface area contributed by atoms with Crippen LogP contribution in [0, 0.1) is 5.82 Å². The van der Waals surface area contributed by atoms with Gasteiger partial charge < -0.3 is 16.2 Å². The van der Waals surface area contributed by atoms with Crippen molar-refractivity contribution in [3.63, 3.8) is 0 Å². The van der Waals surface area contributed by atoms with Gasteiger partial charge in [0, 0.05) is 5.56 Å². The Bertz CT molecular complexity index is 647. The van der Waals surface area contributed by atoms with E-state index < -0.39 is 11.7 Å². The molecule has 0 bridgehead atoms. The summed E-state index contributed by atoms with van der Waals surface area (Å²) in [6.45, 7) is 0.